The van der Waals surface area contributed by atoms with Gasteiger partial charge in [-0.15, -0.1) is 0 Å². The second kappa shape index (κ2) is 7.99. The van der Waals surface area contributed by atoms with Gasteiger partial charge in [0.1, 0.15) is 43.0 Å². The second-order valence-corrected chi connectivity index (χ2v) is 5.63. The Morgan fingerprint density at radius 2 is 1.70 bits per heavy atom. The van der Waals surface area contributed by atoms with Crippen molar-refractivity contribution < 1.29 is 49.3 Å². The average Bonchev–Trinajstić information content (AvgIpc) is 2.52. The highest BCUT2D eigenvalue weighted by atomic mass is 16.7. The van der Waals surface area contributed by atoms with Crippen LogP contribution in [-0.4, -0.2) is 88.0 Å². The molecule has 1 saturated heterocycles. The van der Waals surface area contributed by atoms with Crippen molar-refractivity contribution >= 4 is 11.9 Å². The molecule has 1 rings (SSSR count). The van der Waals surface area contributed by atoms with Gasteiger partial charge in [-0.05, 0) is 6.92 Å². The molecule has 10 nitrogen and oxygen atoms in total. The Kier molecular flexibility index (Phi) is 6.86. The minimum Gasteiger partial charge on any atom is -0.465 e. The van der Waals surface area contributed by atoms with Crippen LogP contribution in [0.2, 0.25) is 0 Å². The van der Waals surface area contributed by atoms with E-state index in [1.54, 1.807) is 0 Å². The first-order chi connectivity index (χ1) is 10.6. The van der Waals surface area contributed by atoms with Crippen LogP contribution in [0.4, 0.5) is 0 Å². The predicted molar refractivity (Wildman–Crippen MR) is 71.7 cm³/mol. The van der Waals surface area contributed by atoms with E-state index in [-0.39, 0.29) is 0 Å². The standard InChI is InChI=1S/C13H22O10/c1-6(15)22-5-13(2,4-14)12(20)21-3-7-8(16)9(17)10(18)11(19)23-7/h7-11,14,16-19H,3-5H2,1-2H3. The van der Waals surface area contributed by atoms with Gasteiger partial charge in [-0.1, -0.05) is 0 Å². The van der Waals surface area contributed by atoms with E-state index in [0.717, 1.165) is 6.92 Å². The maximum absolute atomic E-state index is 12.0. The van der Waals surface area contributed by atoms with E-state index in [1.165, 1.54) is 6.92 Å². The molecule has 0 bridgehead atoms. The van der Waals surface area contributed by atoms with E-state index < -0.39 is 67.9 Å². The van der Waals surface area contributed by atoms with Crippen LogP contribution < -0.4 is 0 Å². The quantitative estimate of drug-likeness (QED) is 0.313. The summed E-state index contributed by atoms with van der Waals surface area (Å²) < 4.78 is 14.4. The van der Waals surface area contributed by atoms with E-state index in [2.05, 4.69) is 4.74 Å². The molecular weight excluding hydrogens is 316 g/mol. The monoisotopic (exact) mass is 338 g/mol. The third-order valence-corrected chi connectivity index (χ3v) is 3.50. The summed E-state index contributed by atoms with van der Waals surface area (Å²) in [6.45, 7) is 0.844. The Morgan fingerprint density at radius 1 is 1.09 bits per heavy atom. The molecule has 0 aliphatic carbocycles. The van der Waals surface area contributed by atoms with Crippen molar-refractivity contribution in [3.05, 3.63) is 0 Å². The minimum absolute atomic E-state index is 0.407. The van der Waals surface area contributed by atoms with Crippen molar-refractivity contribution in [3.63, 3.8) is 0 Å². The van der Waals surface area contributed by atoms with Gasteiger partial charge in [0, 0.05) is 6.92 Å². The van der Waals surface area contributed by atoms with E-state index >= 15 is 0 Å². The van der Waals surface area contributed by atoms with Gasteiger partial charge in [0.25, 0.3) is 0 Å². The van der Waals surface area contributed by atoms with Crippen molar-refractivity contribution in [3.8, 4) is 0 Å². The first-order valence-corrected chi connectivity index (χ1v) is 6.91. The summed E-state index contributed by atoms with van der Waals surface area (Å²) in [6.07, 6.45) is -7.97. The van der Waals surface area contributed by atoms with Crippen molar-refractivity contribution in [2.45, 2.75) is 44.6 Å². The molecular formula is C13H22O10. The topological polar surface area (TPSA) is 163 Å². The normalized spacial score (nSPS) is 33.6. The number of ether oxygens (including phenoxy) is 3. The second-order valence-electron chi connectivity index (χ2n) is 5.63. The molecule has 6 unspecified atom stereocenters. The van der Waals surface area contributed by atoms with Gasteiger partial charge in [-0.2, -0.15) is 0 Å². The van der Waals surface area contributed by atoms with Gasteiger partial charge in [0.05, 0.1) is 6.61 Å². The zero-order valence-corrected chi connectivity index (χ0v) is 12.8. The van der Waals surface area contributed by atoms with Crippen molar-refractivity contribution in [2.75, 3.05) is 19.8 Å². The number of carbonyl (C=O) groups excluding carboxylic acids is 2. The maximum Gasteiger partial charge on any atom is 0.317 e. The van der Waals surface area contributed by atoms with Gasteiger partial charge < -0.3 is 39.7 Å². The Bertz CT molecular complexity index is 427. The molecule has 1 fully saturated rings. The molecule has 134 valence electrons. The molecule has 0 aromatic heterocycles. The first kappa shape index (κ1) is 19.7. The van der Waals surface area contributed by atoms with Gasteiger partial charge in [-0.3, -0.25) is 9.59 Å². The van der Waals surface area contributed by atoms with Gasteiger partial charge >= 0.3 is 11.9 Å². The number of rotatable bonds is 6. The molecule has 1 aliphatic rings. The fraction of sp³-hybridized carbons (Fsp3) is 0.846. The highest BCUT2D eigenvalue weighted by molar-refractivity contribution is 5.77. The molecule has 0 radical (unpaired) electrons. The van der Waals surface area contributed by atoms with Crippen molar-refractivity contribution in [2.24, 2.45) is 5.41 Å². The summed E-state index contributed by atoms with van der Waals surface area (Å²) in [6, 6.07) is 0. The summed E-state index contributed by atoms with van der Waals surface area (Å²) in [5.41, 5.74) is -1.51. The summed E-state index contributed by atoms with van der Waals surface area (Å²) in [5, 5.41) is 47.2. The number of carbonyl (C=O) groups is 2. The molecule has 0 amide bonds. The summed E-state index contributed by atoms with van der Waals surface area (Å²) in [5.74, 6) is -1.56. The molecule has 1 aliphatic heterocycles. The molecule has 0 aromatic carbocycles. The van der Waals surface area contributed by atoms with Crippen LogP contribution in [0.25, 0.3) is 0 Å². The van der Waals surface area contributed by atoms with Crippen LogP contribution in [0.1, 0.15) is 13.8 Å². The highest BCUT2D eigenvalue weighted by Gasteiger charge is 2.44. The fourth-order valence-corrected chi connectivity index (χ4v) is 1.83. The first-order valence-electron chi connectivity index (χ1n) is 6.91. The molecule has 5 N–H and O–H groups in total. The molecule has 0 spiro atoms. The molecule has 23 heavy (non-hydrogen) atoms. The third kappa shape index (κ3) is 4.83. The van der Waals surface area contributed by atoms with Gasteiger partial charge in [-0.25, -0.2) is 0 Å². The highest BCUT2D eigenvalue weighted by Crippen LogP contribution is 2.22. The Balaban J connectivity index is 2.61. The fourth-order valence-electron chi connectivity index (χ4n) is 1.83. The van der Waals surface area contributed by atoms with E-state index in [4.69, 9.17) is 9.47 Å². The predicted octanol–water partition coefficient (Wildman–Crippen LogP) is -3.11. The van der Waals surface area contributed by atoms with Crippen LogP contribution in [0.15, 0.2) is 0 Å². The largest absolute Gasteiger partial charge is 0.465 e. The third-order valence-electron chi connectivity index (χ3n) is 3.50. The van der Waals surface area contributed by atoms with Gasteiger partial charge in [0.15, 0.2) is 6.29 Å². The van der Waals surface area contributed by atoms with Gasteiger partial charge in [0.2, 0.25) is 0 Å². The number of hydrogen-bond acceptors (Lipinski definition) is 10. The van der Waals surface area contributed by atoms with Crippen LogP contribution in [0.5, 0.6) is 0 Å². The maximum atomic E-state index is 12.0. The van der Waals surface area contributed by atoms with Crippen LogP contribution >= 0.6 is 0 Å². The summed E-state index contributed by atoms with van der Waals surface area (Å²) in [4.78, 5) is 22.8. The molecule has 6 atom stereocenters. The SMILES string of the molecule is CC(=O)OCC(C)(CO)C(=O)OCC1OC(O)C(O)C(O)C1O. The number of esters is 2. The zero-order chi connectivity index (χ0) is 17.8. The molecule has 10 heteroatoms. The van der Waals surface area contributed by atoms with E-state index in [0.29, 0.717) is 0 Å². The lowest BCUT2D eigenvalue weighted by atomic mass is 9.93. The number of aliphatic hydroxyl groups is 5. The summed E-state index contributed by atoms with van der Waals surface area (Å²) >= 11 is 0. The zero-order valence-electron chi connectivity index (χ0n) is 12.8. The number of hydrogen-bond donors (Lipinski definition) is 5. The van der Waals surface area contributed by atoms with Crippen molar-refractivity contribution in [1.29, 1.82) is 0 Å². The lowest BCUT2D eigenvalue weighted by Gasteiger charge is -2.38. The van der Waals surface area contributed by atoms with E-state index in [1.807, 2.05) is 0 Å². The molecule has 1 heterocycles. The smallest absolute Gasteiger partial charge is 0.317 e. The lowest BCUT2D eigenvalue weighted by molar-refractivity contribution is -0.288. The minimum atomic E-state index is -1.75. The molecule has 0 saturated carbocycles. The Labute approximate surface area is 132 Å². The van der Waals surface area contributed by atoms with Crippen LogP contribution in [0.3, 0.4) is 0 Å². The summed E-state index contributed by atoms with van der Waals surface area (Å²) in [7, 11) is 0. The lowest BCUT2D eigenvalue weighted by Crippen LogP contribution is -2.59. The van der Waals surface area contributed by atoms with Crippen LogP contribution in [0, 0.1) is 5.41 Å². The Hall–Kier alpha value is -1.30. The van der Waals surface area contributed by atoms with Crippen LogP contribution in [-0.2, 0) is 23.8 Å². The molecule has 0 aromatic rings. The number of aliphatic hydroxyl groups excluding tert-OH is 5. The average molecular weight is 338 g/mol. The Morgan fingerprint density at radius 3 is 2.22 bits per heavy atom. The van der Waals surface area contributed by atoms with Crippen molar-refractivity contribution in [1.82, 2.24) is 0 Å². The van der Waals surface area contributed by atoms with E-state index in [9.17, 15) is 35.1 Å².